The maximum atomic E-state index is 11.2. The molecule has 2 heterocycles. The van der Waals surface area contributed by atoms with Gasteiger partial charge in [0.15, 0.2) is 5.65 Å². The van der Waals surface area contributed by atoms with Crippen LogP contribution in [0.3, 0.4) is 0 Å². The van der Waals surface area contributed by atoms with E-state index in [4.69, 9.17) is 33.7 Å². The molecule has 134 valence electrons. The highest BCUT2D eigenvalue weighted by molar-refractivity contribution is 6.42. The Labute approximate surface area is 163 Å². The van der Waals surface area contributed by atoms with E-state index in [1.807, 2.05) is 24.3 Å². The van der Waals surface area contributed by atoms with Crippen molar-refractivity contribution in [1.29, 1.82) is 0 Å². The van der Waals surface area contributed by atoms with Gasteiger partial charge in [-0.3, -0.25) is 4.79 Å². The number of imidazole rings is 1. The van der Waals surface area contributed by atoms with Crippen LogP contribution in [0.5, 0.6) is 11.5 Å². The molecule has 0 fully saturated rings. The fourth-order valence-corrected chi connectivity index (χ4v) is 2.81. The Hall–Kier alpha value is -3.09. The van der Waals surface area contributed by atoms with E-state index >= 15 is 0 Å². The first kappa shape index (κ1) is 17.3. The van der Waals surface area contributed by atoms with Crippen molar-refractivity contribution in [3.05, 3.63) is 70.3 Å². The van der Waals surface area contributed by atoms with Crippen LogP contribution in [0, 0.1) is 0 Å². The highest BCUT2D eigenvalue weighted by Crippen LogP contribution is 2.30. The summed E-state index contributed by atoms with van der Waals surface area (Å²) in [5.41, 5.74) is 7.41. The number of nitrogens with one attached hydrogen (secondary N) is 1. The summed E-state index contributed by atoms with van der Waals surface area (Å²) in [7, 11) is 0. The topological polar surface area (TPSA) is 93.9 Å². The highest BCUT2D eigenvalue weighted by atomic mass is 35.5. The number of pyridine rings is 1. The number of aromatic nitrogens is 3. The largest absolute Gasteiger partial charge is 0.457 e. The summed E-state index contributed by atoms with van der Waals surface area (Å²) in [6, 6.07) is 15.7. The van der Waals surface area contributed by atoms with Gasteiger partial charge >= 0.3 is 0 Å². The first-order valence-corrected chi connectivity index (χ1v) is 8.65. The number of halogens is 2. The van der Waals surface area contributed by atoms with Gasteiger partial charge in [0.05, 0.1) is 15.6 Å². The number of benzene rings is 2. The molecule has 27 heavy (non-hydrogen) atoms. The van der Waals surface area contributed by atoms with Crippen LogP contribution in [0.4, 0.5) is 0 Å². The summed E-state index contributed by atoms with van der Waals surface area (Å²) in [5.74, 6) is 1.26. The van der Waals surface area contributed by atoms with Crippen molar-refractivity contribution in [1.82, 2.24) is 15.0 Å². The molecule has 0 aliphatic carbocycles. The van der Waals surface area contributed by atoms with Crippen molar-refractivity contribution in [2.24, 2.45) is 5.73 Å². The van der Waals surface area contributed by atoms with Crippen LogP contribution in [0.25, 0.3) is 22.6 Å². The standard InChI is InChI=1S/C19H12Cl2N4O2/c20-13-6-5-12(9-14(13)21)27-11-3-1-10(2-4-11)18-24-16-8-7-15(17(22)26)23-19(16)25-18/h1-9H,(H2,22,26)(H,23,24,25). The van der Waals surface area contributed by atoms with Gasteiger partial charge < -0.3 is 15.5 Å². The quantitative estimate of drug-likeness (QED) is 0.514. The second kappa shape index (κ2) is 6.90. The molecule has 8 heteroatoms. The summed E-state index contributed by atoms with van der Waals surface area (Å²) in [4.78, 5) is 23.0. The molecule has 0 aliphatic rings. The van der Waals surface area contributed by atoms with Gasteiger partial charge in [-0.05, 0) is 48.5 Å². The number of carbonyl (C=O) groups excluding carboxylic acids is 1. The molecule has 4 aromatic rings. The Morgan fingerprint density at radius 2 is 1.67 bits per heavy atom. The molecular weight excluding hydrogens is 387 g/mol. The number of hydrogen-bond donors (Lipinski definition) is 2. The molecule has 0 aliphatic heterocycles. The first-order chi connectivity index (χ1) is 13.0. The third-order valence-electron chi connectivity index (χ3n) is 3.85. The molecule has 0 spiro atoms. The molecular formula is C19H12Cl2N4O2. The van der Waals surface area contributed by atoms with Crippen molar-refractivity contribution < 1.29 is 9.53 Å². The van der Waals surface area contributed by atoms with Crippen LogP contribution < -0.4 is 10.5 Å². The van der Waals surface area contributed by atoms with E-state index in [-0.39, 0.29) is 5.69 Å². The summed E-state index contributed by atoms with van der Waals surface area (Å²) < 4.78 is 5.77. The zero-order chi connectivity index (χ0) is 19.0. The third kappa shape index (κ3) is 3.58. The van der Waals surface area contributed by atoms with E-state index in [1.54, 1.807) is 30.3 Å². The summed E-state index contributed by atoms with van der Waals surface area (Å²) in [5, 5.41) is 0.897. The van der Waals surface area contributed by atoms with E-state index in [1.165, 1.54) is 0 Å². The van der Waals surface area contributed by atoms with Gasteiger partial charge in [0, 0.05) is 11.6 Å². The van der Waals surface area contributed by atoms with E-state index in [0.717, 1.165) is 5.56 Å². The number of nitrogens with two attached hydrogens (primary N) is 1. The molecule has 2 aromatic heterocycles. The number of hydrogen-bond acceptors (Lipinski definition) is 4. The number of carbonyl (C=O) groups is 1. The summed E-state index contributed by atoms with van der Waals surface area (Å²) in [6.45, 7) is 0. The fourth-order valence-electron chi connectivity index (χ4n) is 2.52. The minimum absolute atomic E-state index is 0.172. The monoisotopic (exact) mass is 398 g/mol. The number of rotatable bonds is 4. The van der Waals surface area contributed by atoms with Crippen molar-refractivity contribution in [2.45, 2.75) is 0 Å². The number of fused-ring (bicyclic) bond motifs is 1. The Balaban J connectivity index is 1.59. The SMILES string of the molecule is NC(=O)c1ccc2[nH]c(-c3ccc(Oc4ccc(Cl)c(Cl)c4)cc3)nc2n1. The number of ether oxygens (including phenoxy) is 1. The maximum absolute atomic E-state index is 11.2. The molecule has 0 atom stereocenters. The van der Waals surface area contributed by atoms with Gasteiger partial charge in [-0.1, -0.05) is 23.2 Å². The minimum atomic E-state index is -0.592. The molecule has 0 unspecified atom stereocenters. The number of nitrogens with zero attached hydrogens (tertiary/aromatic N) is 2. The lowest BCUT2D eigenvalue weighted by molar-refractivity contribution is 0.0996. The number of H-pyrrole nitrogens is 1. The van der Waals surface area contributed by atoms with Gasteiger partial charge in [-0.15, -0.1) is 0 Å². The zero-order valence-electron chi connectivity index (χ0n) is 13.7. The van der Waals surface area contributed by atoms with Crippen LogP contribution in [-0.4, -0.2) is 20.9 Å². The zero-order valence-corrected chi connectivity index (χ0v) is 15.3. The van der Waals surface area contributed by atoms with Gasteiger partial charge in [0.1, 0.15) is 23.0 Å². The van der Waals surface area contributed by atoms with Crippen molar-refractivity contribution in [3.63, 3.8) is 0 Å². The molecule has 4 rings (SSSR count). The van der Waals surface area contributed by atoms with Crippen molar-refractivity contribution in [2.75, 3.05) is 0 Å². The van der Waals surface area contributed by atoms with Gasteiger partial charge in [-0.25, -0.2) is 9.97 Å². The molecule has 2 aromatic carbocycles. The second-order valence-corrected chi connectivity index (χ2v) is 6.53. The maximum Gasteiger partial charge on any atom is 0.267 e. The summed E-state index contributed by atoms with van der Waals surface area (Å²) in [6.07, 6.45) is 0. The van der Waals surface area contributed by atoms with E-state index in [2.05, 4.69) is 15.0 Å². The van der Waals surface area contributed by atoms with Crippen LogP contribution in [0.15, 0.2) is 54.6 Å². The van der Waals surface area contributed by atoms with E-state index in [9.17, 15) is 4.79 Å². The molecule has 0 bridgehead atoms. The van der Waals surface area contributed by atoms with Crippen molar-refractivity contribution >= 4 is 40.3 Å². The highest BCUT2D eigenvalue weighted by Gasteiger charge is 2.10. The van der Waals surface area contributed by atoms with Crippen LogP contribution in [0.1, 0.15) is 10.5 Å². The lowest BCUT2D eigenvalue weighted by Gasteiger charge is -2.07. The number of primary amides is 1. The first-order valence-electron chi connectivity index (χ1n) is 7.89. The molecule has 0 radical (unpaired) electrons. The van der Waals surface area contributed by atoms with Crippen molar-refractivity contribution in [3.8, 4) is 22.9 Å². The van der Waals surface area contributed by atoms with E-state index in [0.29, 0.717) is 38.5 Å². The minimum Gasteiger partial charge on any atom is -0.457 e. The van der Waals surface area contributed by atoms with Gasteiger partial charge in [-0.2, -0.15) is 0 Å². The Morgan fingerprint density at radius 3 is 2.37 bits per heavy atom. The smallest absolute Gasteiger partial charge is 0.267 e. The predicted octanol–water partition coefficient (Wildman–Crippen LogP) is 4.82. The van der Waals surface area contributed by atoms with Gasteiger partial charge in [0.2, 0.25) is 0 Å². The Kier molecular flexibility index (Phi) is 4.43. The second-order valence-electron chi connectivity index (χ2n) is 5.72. The predicted molar refractivity (Wildman–Crippen MR) is 104 cm³/mol. The normalized spacial score (nSPS) is 10.9. The fraction of sp³-hybridized carbons (Fsp3) is 0. The Morgan fingerprint density at radius 1 is 0.926 bits per heavy atom. The van der Waals surface area contributed by atoms with E-state index < -0.39 is 5.91 Å². The molecule has 0 saturated carbocycles. The molecule has 1 amide bonds. The average molecular weight is 399 g/mol. The molecule has 6 nitrogen and oxygen atoms in total. The Bertz CT molecular complexity index is 1160. The third-order valence-corrected chi connectivity index (χ3v) is 4.59. The van der Waals surface area contributed by atoms with Crippen LogP contribution in [0.2, 0.25) is 10.0 Å². The lowest BCUT2D eigenvalue weighted by atomic mass is 10.2. The lowest BCUT2D eigenvalue weighted by Crippen LogP contribution is -2.12. The average Bonchev–Trinajstić information content (AvgIpc) is 3.08. The van der Waals surface area contributed by atoms with Gasteiger partial charge in [0.25, 0.3) is 5.91 Å². The van der Waals surface area contributed by atoms with Crippen LogP contribution in [-0.2, 0) is 0 Å². The molecule has 0 saturated heterocycles. The number of amides is 1. The number of aromatic amines is 1. The molecule has 3 N–H and O–H groups in total. The summed E-state index contributed by atoms with van der Waals surface area (Å²) >= 11 is 11.9. The van der Waals surface area contributed by atoms with Crippen LogP contribution >= 0.6 is 23.2 Å².